The van der Waals surface area contributed by atoms with Crippen molar-refractivity contribution in [2.45, 2.75) is 5.92 Å². The molecule has 0 saturated heterocycles. The largest absolute Gasteiger partial charge is 0.455 e. The summed E-state index contributed by atoms with van der Waals surface area (Å²) in [7, 11) is 0. The van der Waals surface area contributed by atoms with Crippen LogP contribution in [-0.4, -0.2) is 0 Å². The van der Waals surface area contributed by atoms with Gasteiger partial charge in [-0.1, -0.05) is 140 Å². The van der Waals surface area contributed by atoms with Crippen LogP contribution in [0, 0.1) is 0 Å². The van der Waals surface area contributed by atoms with E-state index in [2.05, 4.69) is 170 Å². The van der Waals surface area contributed by atoms with E-state index in [1.807, 2.05) is 17.4 Å². The van der Waals surface area contributed by atoms with Crippen LogP contribution in [0.3, 0.4) is 0 Å². The van der Waals surface area contributed by atoms with Crippen molar-refractivity contribution in [1.82, 2.24) is 0 Å². The fourth-order valence-electron chi connectivity index (χ4n) is 7.65. The lowest BCUT2D eigenvalue weighted by Gasteiger charge is -2.20. The molecular formula is C47H30OS. The van der Waals surface area contributed by atoms with Crippen molar-refractivity contribution in [2.75, 3.05) is 0 Å². The van der Waals surface area contributed by atoms with Gasteiger partial charge in [0.05, 0.1) is 0 Å². The first-order chi connectivity index (χ1) is 24.3. The Bertz CT molecular complexity index is 2810. The number of hydrogen-bond donors (Lipinski definition) is 0. The maximum Gasteiger partial charge on any atom is 0.143 e. The van der Waals surface area contributed by atoms with Gasteiger partial charge in [-0.25, -0.2) is 0 Å². The molecule has 0 amide bonds. The predicted octanol–water partition coefficient (Wildman–Crippen LogP) is 13.6. The van der Waals surface area contributed by atoms with E-state index in [9.17, 15) is 0 Å². The summed E-state index contributed by atoms with van der Waals surface area (Å²) in [6.07, 6.45) is 0. The Morgan fingerprint density at radius 3 is 1.73 bits per heavy atom. The third-order valence-electron chi connectivity index (χ3n) is 10.0. The van der Waals surface area contributed by atoms with Crippen molar-refractivity contribution in [1.29, 1.82) is 0 Å². The molecule has 0 radical (unpaired) electrons. The minimum atomic E-state index is 0.120. The molecule has 8 aromatic carbocycles. The van der Waals surface area contributed by atoms with Crippen LogP contribution in [-0.2, 0) is 0 Å². The molecule has 49 heavy (non-hydrogen) atoms. The van der Waals surface area contributed by atoms with Crippen LogP contribution >= 0.6 is 11.3 Å². The average Bonchev–Trinajstić information content (AvgIpc) is 3.74. The van der Waals surface area contributed by atoms with Gasteiger partial charge >= 0.3 is 0 Å². The first kappa shape index (κ1) is 28.1. The second-order valence-electron chi connectivity index (χ2n) is 12.8. The van der Waals surface area contributed by atoms with Crippen LogP contribution in [0.25, 0.3) is 75.1 Å². The lowest BCUT2D eigenvalue weighted by atomic mass is 9.84. The number of rotatable bonds is 5. The first-order valence-electron chi connectivity index (χ1n) is 16.8. The summed E-state index contributed by atoms with van der Waals surface area (Å²) in [5.74, 6) is 0.120. The van der Waals surface area contributed by atoms with Gasteiger partial charge in [0.25, 0.3) is 0 Å². The fraction of sp³-hybridized carbons (Fsp3) is 0.0213. The zero-order valence-corrected chi connectivity index (χ0v) is 27.5. The van der Waals surface area contributed by atoms with Gasteiger partial charge in [0, 0.05) is 42.2 Å². The van der Waals surface area contributed by atoms with Crippen LogP contribution in [0.4, 0.5) is 0 Å². The predicted molar refractivity (Wildman–Crippen MR) is 209 cm³/mol. The van der Waals surface area contributed by atoms with Crippen molar-refractivity contribution in [3.05, 3.63) is 193 Å². The third-order valence-corrected chi connectivity index (χ3v) is 11.2. The van der Waals surface area contributed by atoms with E-state index >= 15 is 0 Å². The van der Waals surface area contributed by atoms with Gasteiger partial charge < -0.3 is 4.42 Å². The van der Waals surface area contributed by atoms with E-state index in [1.54, 1.807) is 0 Å². The minimum absolute atomic E-state index is 0.120. The van der Waals surface area contributed by atoms with Crippen LogP contribution in [0.15, 0.2) is 180 Å². The minimum Gasteiger partial charge on any atom is -0.455 e. The molecule has 0 saturated carbocycles. The number of furan rings is 1. The second-order valence-corrected chi connectivity index (χ2v) is 13.9. The van der Waals surface area contributed by atoms with Gasteiger partial charge in [-0.05, 0) is 80.7 Å². The highest BCUT2D eigenvalue weighted by Gasteiger charge is 2.20. The molecule has 0 bridgehead atoms. The Morgan fingerprint density at radius 1 is 0.367 bits per heavy atom. The quantitative estimate of drug-likeness (QED) is 0.170. The van der Waals surface area contributed by atoms with Crippen molar-refractivity contribution in [3.63, 3.8) is 0 Å². The SMILES string of the molecule is c1ccc(-c2ccc(C(c3ccccc3)c3ccc4sc5ccc(-c6cc7c8ccccc8oc7c7ccccc67)cc5c4c3)cc2)cc1. The fourth-order valence-corrected chi connectivity index (χ4v) is 8.72. The van der Waals surface area contributed by atoms with Gasteiger partial charge in [0.1, 0.15) is 11.2 Å². The van der Waals surface area contributed by atoms with E-state index < -0.39 is 0 Å². The van der Waals surface area contributed by atoms with Crippen molar-refractivity contribution < 1.29 is 4.42 Å². The molecule has 10 aromatic rings. The van der Waals surface area contributed by atoms with E-state index in [0.717, 1.165) is 27.3 Å². The van der Waals surface area contributed by atoms with E-state index in [1.165, 1.54) is 64.5 Å². The Kier molecular flexibility index (Phi) is 6.50. The highest BCUT2D eigenvalue weighted by Crippen LogP contribution is 2.43. The lowest BCUT2D eigenvalue weighted by Crippen LogP contribution is -2.03. The summed E-state index contributed by atoms with van der Waals surface area (Å²) < 4.78 is 9.02. The zero-order valence-electron chi connectivity index (χ0n) is 26.6. The van der Waals surface area contributed by atoms with Crippen LogP contribution in [0.5, 0.6) is 0 Å². The molecule has 0 aliphatic carbocycles. The molecule has 2 heterocycles. The molecule has 2 aromatic heterocycles. The van der Waals surface area contributed by atoms with Gasteiger partial charge in [0.15, 0.2) is 0 Å². The monoisotopic (exact) mass is 642 g/mol. The molecule has 0 aliphatic rings. The molecule has 1 nitrogen and oxygen atoms in total. The summed E-state index contributed by atoms with van der Waals surface area (Å²) in [6.45, 7) is 0. The Labute approximate surface area is 288 Å². The maximum atomic E-state index is 6.41. The number of hydrogen-bond acceptors (Lipinski definition) is 2. The number of fused-ring (bicyclic) bond motifs is 8. The standard InChI is InChI=1S/C47H30OS/c1-3-11-30(12-4-1)31-19-21-33(22-20-31)46(32-13-5-2-6-14-32)35-24-26-45-41(28-35)40-27-34(23-25-44(40)49-45)39-29-42-37-16-9-10-18-43(37)48-47(42)38-17-8-7-15-36(38)39/h1-29,46H. The van der Waals surface area contributed by atoms with Gasteiger partial charge in [0.2, 0.25) is 0 Å². The molecule has 0 fully saturated rings. The Hall–Kier alpha value is -5.96. The van der Waals surface area contributed by atoms with Crippen LogP contribution < -0.4 is 0 Å². The highest BCUT2D eigenvalue weighted by atomic mass is 32.1. The molecule has 230 valence electrons. The third kappa shape index (κ3) is 4.68. The van der Waals surface area contributed by atoms with Crippen molar-refractivity contribution >= 4 is 64.2 Å². The van der Waals surface area contributed by atoms with Crippen molar-refractivity contribution in [2.24, 2.45) is 0 Å². The highest BCUT2D eigenvalue weighted by molar-refractivity contribution is 7.25. The van der Waals surface area contributed by atoms with E-state index in [4.69, 9.17) is 4.42 Å². The summed E-state index contributed by atoms with van der Waals surface area (Å²) in [5, 5.41) is 7.27. The number of thiophene rings is 1. The summed E-state index contributed by atoms with van der Waals surface area (Å²) in [5.41, 5.74) is 10.7. The van der Waals surface area contributed by atoms with Crippen LogP contribution in [0.1, 0.15) is 22.6 Å². The Balaban J connectivity index is 1.14. The molecule has 0 N–H and O–H groups in total. The number of benzene rings is 8. The summed E-state index contributed by atoms with van der Waals surface area (Å²) >= 11 is 1.87. The van der Waals surface area contributed by atoms with Gasteiger partial charge in [-0.3, -0.25) is 0 Å². The molecule has 1 atom stereocenters. The average molecular weight is 643 g/mol. The summed E-state index contributed by atoms with van der Waals surface area (Å²) in [4.78, 5) is 0. The van der Waals surface area contributed by atoms with Gasteiger partial charge in [-0.2, -0.15) is 0 Å². The molecule has 1 unspecified atom stereocenters. The van der Waals surface area contributed by atoms with E-state index in [-0.39, 0.29) is 5.92 Å². The normalized spacial score (nSPS) is 12.4. The molecule has 10 rings (SSSR count). The van der Waals surface area contributed by atoms with E-state index in [0.29, 0.717) is 0 Å². The second kappa shape index (κ2) is 11.3. The molecule has 0 aliphatic heterocycles. The molecular weight excluding hydrogens is 613 g/mol. The van der Waals surface area contributed by atoms with Crippen molar-refractivity contribution in [3.8, 4) is 22.3 Å². The lowest BCUT2D eigenvalue weighted by molar-refractivity contribution is 0.672. The molecule has 2 heteroatoms. The number of para-hydroxylation sites is 1. The summed E-state index contributed by atoms with van der Waals surface area (Å²) in [6, 6.07) is 64.0. The zero-order chi connectivity index (χ0) is 32.3. The topological polar surface area (TPSA) is 13.1 Å². The molecule has 0 spiro atoms. The van der Waals surface area contributed by atoms with Crippen LogP contribution in [0.2, 0.25) is 0 Å². The smallest absolute Gasteiger partial charge is 0.143 e. The van der Waals surface area contributed by atoms with Gasteiger partial charge in [-0.15, -0.1) is 11.3 Å². The Morgan fingerprint density at radius 2 is 0.939 bits per heavy atom. The maximum absolute atomic E-state index is 6.41. The first-order valence-corrected chi connectivity index (χ1v) is 17.6.